The zero-order valence-corrected chi connectivity index (χ0v) is 16.4. The Morgan fingerprint density at radius 1 is 1.12 bits per heavy atom. The molecule has 0 spiro atoms. The van der Waals surface area contributed by atoms with Crippen molar-refractivity contribution in [3.63, 3.8) is 0 Å². The second kappa shape index (κ2) is 7.47. The molecule has 2 aromatic carbocycles. The minimum absolute atomic E-state index is 0.0233. The predicted octanol–water partition coefficient (Wildman–Crippen LogP) is 4.30. The number of aryl methyl sites for hydroxylation is 1. The maximum atomic E-state index is 12.4. The molecule has 0 saturated carbocycles. The molecule has 3 aromatic rings. The van der Waals surface area contributed by atoms with Crippen LogP contribution in [-0.2, 0) is 10.0 Å². The molecule has 0 fully saturated rings. The van der Waals surface area contributed by atoms with Crippen LogP contribution in [0, 0.1) is 6.92 Å². The Kier molecular flexibility index (Phi) is 5.50. The van der Waals surface area contributed by atoms with Crippen LogP contribution < -0.4 is 10.0 Å². The molecule has 5 nitrogen and oxygen atoms in total. The number of benzene rings is 2. The number of aromatic nitrogens is 1. The normalized spacial score (nSPS) is 11.8. The molecule has 9 heteroatoms. The van der Waals surface area contributed by atoms with Crippen LogP contribution in [0.5, 0.6) is 0 Å². The predicted molar refractivity (Wildman–Crippen MR) is 104 cm³/mol. The van der Waals surface area contributed by atoms with Crippen molar-refractivity contribution < 1.29 is 8.42 Å². The number of halogens is 2. The van der Waals surface area contributed by atoms with Gasteiger partial charge in [0, 0.05) is 23.5 Å². The SMILES string of the molecule is Cc1cc(S(=O)(=O)NCCNc2nsc3ccccc23)c(Cl)cc1Cl. The van der Waals surface area contributed by atoms with Gasteiger partial charge in [-0.3, -0.25) is 0 Å². The minimum Gasteiger partial charge on any atom is -0.367 e. The summed E-state index contributed by atoms with van der Waals surface area (Å²) in [5.41, 5.74) is 0.651. The van der Waals surface area contributed by atoms with Gasteiger partial charge in [-0.2, -0.15) is 4.37 Å². The Morgan fingerprint density at radius 3 is 2.68 bits per heavy atom. The lowest BCUT2D eigenvalue weighted by Crippen LogP contribution is -2.29. The zero-order chi connectivity index (χ0) is 18.0. The smallest absolute Gasteiger partial charge is 0.242 e. The van der Waals surface area contributed by atoms with Crippen LogP contribution in [0.3, 0.4) is 0 Å². The highest BCUT2D eigenvalue weighted by atomic mass is 35.5. The van der Waals surface area contributed by atoms with E-state index in [-0.39, 0.29) is 16.5 Å². The first-order valence-corrected chi connectivity index (χ1v) is 10.4. The van der Waals surface area contributed by atoms with Gasteiger partial charge in [-0.25, -0.2) is 13.1 Å². The van der Waals surface area contributed by atoms with Crippen molar-refractivity contribution in [3.05, 3.63) is 52.0 Å². The largest absolute Gasteiger partial charge is 0.367 e. The number of nitrogens with one attached hydrogen (secondary N) is 2. The van der Waals surface area contributed by atoms with E-state index in [1.165, 1.54) is 23.7 Å². The third-order valence-electron chi connectivity index (χ3n) is 3.59. The number of rotatable bonds is 6. The van der Waals surface area contributed by atoms with E-state index in [1.807, 2.05) is 24.3 Å². The average Bonchev–Trinajstić information content (AvgIpc) is 2.98. The molecule has 0 radical (unpaired) electrons. The van der Waals surface area contributed by atoms with Gasteiger partial charge in [0.25, 0.3) is 0 Å². The van der Waals surface area contributed by atoms with Crippen LogP contribution in [0.4, 0.5) is 5.82 Å². The third kappa shape index (κ3) is 4.07. The molecule has 0 bridgehead atoms. The van der Waals surface area contributed by atoms with Crippen molar-refractivity contribution in [1.82, 2.24) is 9.10 Å². The van der Waals surface area contributed by atoms with Gasteiger partial charge in [0.2, 0.25) is 10.0 Å². The fourth-order valence-electron chi connectivity index (χ4n) is 2.29. The van der Waals surface area contributed by atoms with Crippen LogP contribution in [0.15, 0.2) is 41.3 Å². The highest BCUT2D eigenvalue weighted by molar-refractivity contribution is 7.89. The number of anilines is 1. The van der Waals surface area contributed by atoms with Crippen LogP contribution in [0.25, 0.3) is 10.1 Å². The van der Waals surface area contributed by atoms with E-state index in [0.29, 0.717) is 17.1 Å². The van der Waals surface area contributed by atoms with E-state index >= 15 is 0 Å². The number of sulfonamides is 1. The van der Waals surface area contributed by atoms with Crippen LogP contribution >= 0.6 is 34.7 Å². The second-order valence-corrected chi connectivity index (χ2v) is 8.74. The summed E-state index contributed by atoms with van der Waals surface area (Å²) < 4.78 is 32.8. The molecule has 0 aliphatic carbocycles. The number of nitrogens with zero attached hydrogens (tertiary/aromatic N) is 1. The summed E-state index contributed by atoms with van der Waals surface area (Å²) in [6.07, 6.45) is 0. The van der Waals surface area contributed by atoms with Crippen molar-refractivity contribution in [2.24, 2.45) is 0 Å². The molecule has 1 aromatic heterocycles. The van der Waals surface area contributed by atoms with E-state index in [0.717, 1.165) is 15.9 Å². The quantitative estimate of drug-likeness (QED) is 0.588. The van der Waals surface area contributed by atoms with Gasteiger partial charge < -0.3 is 5.32 Å². The maximum Gasteiger partial charge on any atom is 0.242 e. The molecular formula is C16H15Cl2N3O2S2. The first-order chi connectivity index (χ1) is 11.9. The molecule has 25 heavy (non-hydrogen) atoms. The Hall–Kier alpha value is -1.38. The van der Waals surface area contributed by atoms with E-state index in [2.05, 4.69) is 14.4 Å². The lowest BCUT2D eigenvalue weighted by atomic mass is 10.2. The molecule has 132 valence electrons. The Bertz CT molecular complexity index is 1020. The topological polar surface area (TPSA) is 71.1 Å². The minimum atomic E-state index is -3.71. The van der Waals surface area contributed by atoms with Gasteiger partial charge in [-0.1, -0.05) is 35.3 Å². The summed E-state index contributed by atoms with van der Waals surface area (Å²) in [7, 11) is -3.71. The molecule has 0 amide bonds. The summed E-state index contributed by atoms with van der Waals surface area (Å²) >= 11 is 13.4. The molecule has 3 rings (SSSR count). The number of hydrogen-bond acceptors (Lipinski definition) is 5. The number of fused-ring (bicyclic) bond motifs is 1. The molecule has 1 heterocycles. The van der Waals surface area contributed by atoms with Gasteiger partial charge in [-0.15, -0.1) is 0 Å². The van der Waals surface area contributed by atoms with Crippen LogP contribution in [0.1, 0.15) is 5.56 Å². The van der Waals surface area contributed by atoms with Gasteiger partial charge in [0.05, 0.1) is 9.72 Å². The molecular weight excluding hydrogens is 401 g/mol. The second-order valence-electron chi connectivity index (χ2n) is 5.38. The van der Waals surface area contributed by atoms with Crippen molar-refractivity contribution in [1.29, 1.82) is 0 Å². The van der Waals surface area contributed by atoms with E-state index in [1.54, 1.807) is 6.92 Å². The van der Waals surface area contributed by atoms with E-state index in [4.69, 9.17) is 23.2 Å². The highest BCUT2D eigenvalue weighted by Gasteiger charge is 2.19. The number of hydrogen-bond donors (Lipinski definition) is 2. The average molecular weight is 416 g/mol. The lowest BCUT2D eigenvalue weighted by molar-refractivity contribution is 0.583. The first-order valence-electron chi connectivity index (χ1n) is 7.42. The van der Waals surface area contributed by atoms with E-state index < -0.39 is 10.0 Å². The zero-order valence-electron chi connectivity index (χ0n) is 13.2. The lowest BCUT2D eigenvalue weighted by Gasteiger charge is -2.10. The summed E-state index contributed by atoms with van der Waals surface area (Å²) in [6.45, 7) is 2.33. The van der Waals surface area contributed by atoms with Gasteiger partial charge in [0.1, 0.15) is 10.7 Å². The molecule has 0 atom stereocenters. The molecule has 0 aliphatic rings. The first kappa shape index (κ1) is 18.4. The van der Waals surface area contributed by atoms with Crippen molar-refractivity contribution in [3.8, 4) is 0 Å². The van der Waals surface area contributed by atoms with Crippen molar-refractivity contribution in [2.75, 3.05) is 18.4 Å². The molecule has 2 N–H and O–H groups in total. The molecule has 0 saturated heterocycles. The third-order valence-corrected chi connectivity index (χ3v) is 6.75. The fraction of sp³-hybridized carbons (Fsp3) is 0.188. The van der Waals surface area contributed by atoms with Crippen molar-refractivity contribution >= 4 is 60.7 Å². The maximum absolute atomic E-state index is 12.4. The van der Waals surface area contributed by atoms with Crippen LogP contribution in [0.2, 0.25) is 10.0 Å². The monoisotopic (exact) mass is 415 g/mol. The standard InChI is InChI=1S/C16H15Cl2N3O2S2/c1-10-8-15(13(18)9-12(10)17)25(22,23)20-7-6-19-16-11-4-2-3-5-14(11)24-21-16/h2-5,8-9,20H,6-7H2,1H3,(H,19,21). The van der Waals surface area contributed by atoms with Crippen LogP contribution in [-0.4, -0.2) is 25.9 Å². The molecule has 0 unspecified atom stereocenters. The summed E-state index contributed by atoms with van der Waals surface area (Å²) in [5, 5.41) is 4.70. The van der Waals surface area contributed by atoms with Crippen molar-refractivity contribution in [2.45, 2.75) is 11.8 Å². The fourth-order valence-corrected chi connectivity index (χ4v) is 4.91. The summed E-state index contributed by atoms with van der Waals surface area (Å²) in [5.74, 6) is 0.750. The van der Waals surface area contributed by atoms with Gasteiger partial charge >= 0.3 is 0 Å². The Labute approximate surface area is 160 Å². The summed E-state index contributed by atoms with van der Waals surface area (Å²) in [4.78, 5) is 0.0233. The van der Waals surface area contributed by atoms with Gasteiger partial charge in [0.15, 0.2) is 0 Å². The Morgan fingerprint density at radius 2 is 1.88 bits per heavy atom. The summed E-state index contributed by atoms with van der Waals surface area (Å²) in [6, 6.07) is 10.8. The highest BCUT2D eigenvalue weighted by Crippen LogP contribution is 2.28. The molecule has 0 aliphatic heterocycles. The Balaban J connectivity index is 1.64. The van der Waals surface area contributed by atoms with Gasteiger partial charge in [-0.05, 0) is 48.3 Å². The van der Waals surface area contributed by atoms with E-state index in [9.17, 15) is 8.42 Å².